The monoisotopic (exact) mass is 546 g/mol. The Morgan fingerprint density at radius 3 is 0.500 bits per heavy atom. The Labute approximate surface area is 199 Å². The molecule has 8 radical (unpaired) electrons. The van der Waals surface area contributed by atoms with Gasteiger partial charge in [-0.2, -0.15) is 0 Å². The van der Waals surface area contributed by atoms with Gasteiger partial charge in [-0.25, -0.2) is 0 Å². The fourth-order valence-corrected chi connectivity index (χ4v) is 15.1. The standard InChI is InChI=1S/2C8H18Ge.C8H18Si2/c2*1-7(2,3)9-8(4,5)6;1-7(2,3)9-10-8(4,5)6/h2*1-6H3;1-6H3. The minimum atomic E-state index is 0.208. The molecule has 0 spiro atoms. The first-order chi connectivity index (χ1) is 11.6. The van der Waals surface area contributed by atoms with Gasteiger partial charge >= 0.3 is 131 Å². The molecule has 0 aliphatic heterocycles. The number of hydrogen-bond donors (Lipinski definition) is 0. The van der Waals surface area contributed by atoms with Crippen LogP contribution in [-0.2, 0) is 0 Å². The molecule has 0 aliphatic carbocycles. The summed E-state index contributed by atoms with van der Waals surface area (Å²) in [5, 5.41) is 1.09. The average Bonchev–Trinajstić information content (AvgIpc) is 2.14. The van der Waals surface area contributed by atoms with Crippen LogP contribution in [0.4, 0.5) is 0 Å². The van der Waals surface area contributed by atoms with Crippen LogP contribution < -0.4 is 0 Å². The molecule has 4 heteroatoms. The summed E-state index contributed by atoms with van der Waals surface area (Å²) in [4.78, 5) is 0. The van der Waals surface area contributed by atoms with Crippen molar-refractivity contribution in [1.29, 1.82) is 0 Å². The van der Waals surface area contributed by atoms with Crippen molar-refractivity contribution in [2.45, 2.75) is 152 Å². The topological polar surface area (TPSA) is 0 Å². The van der Waals surface area contributed by atoms with E-state index < -0.39 is 0 Å². The van der Waals surface area contributed by atoms with Gasteiger partial charge in [-0.05, 0) is 10.1 Å². The first-order valence-corrected chi connectivity index (χ1v) is 17.9. The van der Waals surface area contributed by atoms with E-state index in [9.17, 15) is 0 Å². The van der Waals surface area contributed by atoms with Gasteiger partial charge in [-0.15, -0.1) is 0 Å². The maximum absolute atomic E-state index is 2.35. The Bertz CT molecular complexity index is 325. The van der Waals surface area contributed by atoms with Crippen LogP contribution in [0, 0.1) is 0 Å². The summed E-state index contributed by atoms with van der Waals surface area (Å²) in [6.45, 7) is 42.1. The van der Waals surface area contributed by atoms with E-state index in [1.165, 1.54) is 0 Å². The van der Waals surface area contributed by atoms with Crippen LogP contribution in [0.2, 0.25) is 27.1 Å². The van der Waals surface area contributed by atoms with Crippen molar-refractivity contribution < 1.29 is 0 Å². The Morgan fingerprint density at radius 2 is 0.464 bits per heavy atom. The van der Waals surface area contributed by atoms with Gasteiger partial charge in [-0.3, -0.25) is 0 Å². The molecule has 0 heterocycles. The van der Waals surface area contributed by atoms with Gasteiger partial charge in [0.25, 0.3) is 0 Å². The van der Waals surface area contributed by atoms with Crippen LogP contribution in [0.25, 0.3) is 0 Å². The van der Waals surface area contributed by atoms with E-state index in [1.807, 2.05) is 0 Å². The normalized spacial score (nSPS) is 13.9. The van der Waals surface area contributed by atoms with Crippen LogP contribution in [0.15, 0.2) is 0 Å². The average molecular weight is 544 g/mol. The molecule has 0 saturated heterocycles. The molecule has 0 aromatic heterocycles. The van der Waals surface area contributed by atoms with Crippen molar-refractivity contribution in [3.8, 4) is 0 Å². The van der Waals surface area contributed by atoms with E-state index >= 15 is 0 Å². The molecular weight excluding hydrogens is 490 g/mol. The van der Waals surface area contributed by atoms with E-state index in [4.69, 9.17) is 0 Å². The minimum absolute atomic E-state index is 0.208. The molecule has 0 fully saturated rings. The third-order valence-electron chi connectivity index (χ3n) is 2.31. The van der Waals surface area contributed by atoms with Crippen molar-refractivity contribution in [3.63, 3.8) is 0 Å². The molecule has 0 aromatic rings. The summed E-state index contributed by atoms with van der Waals surface area (Å²) in [6, 6.07) is 0. The molecule has 0 unspecified atom stereocenters. The SMILES string of the molecule is CC(C)(C)[Si][Si]C(C)(C)C.C[C](C)(C)[Ge][C](C)(C)C.C[C](C)(C)[Ge][C](C)(C)C. The zero-order valence-electron chi connectivity index (χ0n) is 23.0. The fourth-order valence-electron chi connectivity index (χ4n) is 2.62. The summed E-state index contributed by atoms with van der Waals surface area (Å²) >= 11 is 0.417. The van der Waals surface area contributed by atoms with Gasteiger partial charge < -0.3 is 0 Å². The van der Waals surface area contributed by atoms with Crippen LogP contribution in [0.5, 0.6) is 0 Å². The Hall–Kier alpha value is 1.52. The van der Waals surface area contributed by atoms with Crippen LogP contribution in [0.3, 0.4) is 0 Å². The third-order valence-corrected chi connectivity index (χ3v) is 15.1. The molecular formula is C24H54Ge2Si2. The Kier molecular flexibility index (Phi) is 15.3. The Morgan fingerprint density at radius 1 is 0.321 bits per heavy atom. The van der Waals surface area contributed by atoms with Gasteiger partial charge in [0.15, 0.2) is 0 Å². The molecule has 0 amide bonds. The third kappa shape index (κ3) is 46.0. The van der Waals surface area contributed by atoms with Crippen molar-refractivity contribution >= 4 is 48.9 Å². The van der Waals surface area contributed by atoms with E-state index in [0.29, 0.717) is 27.1 Å². The summed E-state index contributed by atoms with van der Waals surface area (Å²) < 4.78 is 2.44. The summed E-state index contributed by atoms with van der Waals surface area (Å²) in [7, 11) is 2.24. The molecule has 166 valence electrons. The predicted molar refractivity (Wildman–Crippen MR) is 141 cm³/mol. The van der Waals surface area contributed by atoms with Crippen molar-refractivity contribution in [3.05, 3.63) is 0 Å². The van der Waals surface area contributed by atoms with Gasteiger partial charge in [-0.1, -0.05) is 41.5 Å². The van der Waals surface area contributed by atoms with E-state index in [2.05, 4.69) is 125 Å². The molecule has 0 atom stereocenters. The molecule has 0 N–H and O–H groups in total. The first-order valence-electron chi connectivity index (χ1n) is 10.8. The van der Waals surface area contributed by atoms with Crippen LogP contribution >= 0.6 is 0 Å². The van der Waals surface area contributed by atoms with Crippen molar-refractivity contribution in [1.82, 2.24) is 0 Å². The first kappa shape index (κ1) is 34.1. The number of hydrogen-bond acceptors (Lipinski definition) is 0. The zero-order valence-corrected chi connectivity index (χ0v) is 29.2. The number of rotatable bonds is 1. The molecule has 0 aromatic carbocycles. The molecule has 0 rings (SSSR count). The van der Waals surface area contributed by atoms with Gasteiger partial charge in [0, 0.05) is 18.1 Å². The summed E-state index contributed by atoms with van der Waals surface area (Å²) in [5.41, 5.74) is 0. The quantitative estimate of drug-likeness (QED) is 0.289. The predicted octanol–water partition coefficient (Wildman–Crippen LogP) is 9.00. The maximum atomic E-state index is 2.35. The van der Waals surface area contributed by atoms with Crippen molar-refractivity contribution in [2.75, 3.05) is 0 Å². The van der Waals surface area contributed by atoms with E-state index in [1.54, 1.807) is 0 Å². The zero-order chi connectivity index (χ0) is 23.8. The van der Waals surface area contributed by atoms with Gasteiger partial charge in [0.1, 0.15) is 0 Å². The van der Waals surface area contributed by atoms with Crippen LogP contribution in [-0.4, -0.2) is 48.9 Å². The van der Waals surface area contributed by atoms with Gasteiger partial charge in [0.05, 0.1) is 0 Å². The molecule has 0 bridgehead atoms. The van der Waals surface area contributed by atoms with E-state index in [0.717, 1.165) is 18.1 Å². The second-order valence-electron chi connectivity index (χ2n) is 14.0. The molecule has 0 saturated carbocycles. The molecule has 0 aliphatic rings. The molecule has 0 nitrogen and oxygen atoms in total. The summed E-state index contributed by atoms with van der Waals surface area (Å²) in [6.07, 6.45) is 0. The van der Waals surface area contributed by atoms with E-state index in [-0.39, 0.29) is 30.9 Å². The van der Waals surface area contributed by atoms with Crippen LogP contribution in [0.1, 0.15) is 125 Å². The second kappa shape index (κ2) is 12.5. The second-order valence-corrected chi connectivity index (χ2v) is 32.6. The van der Waals surface area contributed by atoms with Gasteiger partial charge in [0.2, 0.25) is 0 Å². The summed E-state index contributed by atoms with van der Waals surface area (Å²) in [5.74, 6) is 0. The van der Waals surface area contributed by atoms with Crippen molar-refractivity contribution in [2.24, 2.45) is 0 Å². The Balaban J connectivity index is -0.000000336. The molecule has 28 heavy (non-hydrogen) atoms. The fraction of sp³-hybridized carbons (Fsp3) is 1.00.